The first-order valence-electron chi connectivity index (χ1n) is 4.35. The molecule has 68 valence electrons. The van der Waals surface area contributed by atoms with Gasteiger partial charge in [-0.15, -0.1) is 0 Å². The minimum Gasteiger partial charge on any atom is -0.379 e. The van der Waals surface area contributed by atoms with Crippen LogP contribution in [0, 0.1) is 0 Å². The van der Waals surface area contributed by atoms with Crippen molar-refractivity contribution in [2.45, 2.75) is 33.2 Å². The van der Waals surface area contributed by atoms with Gasteiger partial charge in [0, 0.05) is 11.7 Å². The fourth-order valence-electron chi connectivity index (χ4n) is 1.05. The summed E-state index contributed by atoms with van der Waals surface area (Å²) >= 11 is 0. The van der Waals surface area contributed by atoms with Gasteiger partial charge in [-0.1, -0.05) is 31.7 Å². The van der Waals surface area contributed by atoms with Crippen LogP contribution in [0.1, 0.15) is 27.2 Å². The molecular formula is C11H19N. The fraction of sp³-hybridized carbons (Fsp3) is 0.455. The average Bonchev–Trinajstić information content (AvgIpc) is 2.00. The van der Waals surface area contributed by atoms with Gasteiger partial charge in [0.25, 0.3) is 0 Å². The van der Waals surface area contributed by atoms with E-state index in [1.165, 1.54) is 0 Å². The Labute approximate surface area is 75.9 Å². The zero-order valence-corrected chi connectivity index (χ0v) is 8.35. The molecule has 0 aromatic carbocycles. The van der Waals surface area contributed by atoms with Crippen LogP contribution in [0.2, 0.25) is 0 Å². The van der Waals surface area contributed by atoms with Crippen molar-refractivity contribution < 1.29 is 0 Å². The molecule has 0 heterocycles. The third-order valence-electron chi connectivity index (χ3n) is 1.73. The topological polar surface area (TPSA) is 12.0 Å². The Kier molecular flexibility index (Phi) is 5.18. The molecule has 0 aromatic rings. The second-order valence-corrected chi connectivity index (χ2v) is 2.98. The number of rotatable bonds is 5. The molecule has 0 aliphatic carbocycles. The van der Waals surface area contributed by atoms with Gasteiger partial charge < -0.3 is 5.32 Å². The maximum absolute atomic E-state index is 3.91. The summed E-state index contributed by atoms with van der Waals surface area (Å²) in [6, 6.07) is 0.355. The first kappa shape index (κ1) is 11.0. The average molecular weight is 165 g/mol. The lowest BCUT2D eigenvalue weighted by atomic mass is 10.1. The van der Waals surface area contributed by atoms with Crippen LogP contribution in [0.5, 0.6) is 0 Å². The van der Waals surface area contributed by atoms with Crippen molar-refractivity contribution in [3.63, 3.8) is 0 Å². The van der Waals surface area contributed by atoms with Crippen molar-refractivity contribution in [1.82, 2.24) is 5.32 Å². The summed E-state index contributed by atoms with van der Waals surface area (Å²) in [5, 5.41) is 3.29. The van der Waals surface area contributed by atoms with Gasteiger partial charge >= 0.3 is 0 Å². The molecule has 0 fully saturated rings. The van der Waals surface area contributed by atoms with Crippen molar-refractivity contribution in [1.29, 1.82) is 0 Å². The van der Waals surface area contributed by atoms with Crippen LogP contribution < -0.4 is 5.32 Å². The third-order valence-corrected chi connectivity index (χ3v) is 1.73. The second kappa shape index (κ2) is 5.64. The molecule has 1 unspecified atom stereocenters. The van der Waals surface area contributed by atoms with Crippen LogP contribution >= 0.6 is 0 Å². The lowest BCUT2D eigenvalue weighted by Crippen LogP contribution is -2.27. The van der Waals surface area contributed by atoms with Crippen LogP contribution in [-0.2, 0) is 0 Å². The molecule has 0 aromatic heterocycles. The number of hydrogen-bond donors (Lipinski definition) is 1. The molecule has 0 aliphatic heterocycles. The van der Waals surface area contributed by atoms with Crippen molar-refractivity contribution in [3.05, 3.63) is 36.6 Å². The summed E-state index contributed by atoms with van der Waals surface area (Å²) < 4.78 is 0. The maximum Gasteiger partial charge on any atom is 0.0465 e. The summed E-state index contributed by atoms with van der Waals surface area (Å²) in [6.07, 6.45) is 4.98. The molecule has 0 amide bonds. The Balaban J connectivity index is 4.03. The monoisotopic (exact) mass is 165 g/mol. The smallest absolute Gasteiger partial charge is 0.0465 e. The Morgan fingerprint density at radius 3 is 2.42 bits per heavy atom. The quantitative estimate of drug-likeness (QED) is 0.488. The van der Waals surface area contributed by atoms with E-state index in [2.05, 4.69) is 25.4 Å². The van der Waals surface area contributed by atoms with Crippen LogP contribution in [0.3, 0.4) is 0 Å². The highest BCUT2D eigenvalue weighted by Crippen LogP contribution is 2.04. The van der Waals surface area contributed by atoms with Crippen molar-refractivity contribution in [2.24, 2.45) is 0 Å². The Hall–Kier alpha value is -0.980. The van der Waals surface area contributed by atoms with Gasteiger partial charge in [0.2, 0.25) is 0 Å². The van der Waals surface area contributed by atoms with E-state index in [0.29, 0.717) is 6.04 Å². The van der Waals surface area contributed by atoms with Crippen LogP contribution in [0.4, 0.5) is 0 Å². The molecule has 0 rings (SSSR count). The van der Waals surface area contributed by atoms with E-state index in [-0.39, 0.29) is 0 Å². The van der Waals surface area contributed by atoms with E-state index in [1.807, 2.05) is 26.0 Å². The largest absolute Gasteiger partial charge is 0.379 e. The van der Waals surface area contributed by atoms with E-state index in [1.54, 1.807) is 0 Å². The van der Waals surface area contributed by atoms with Gasteiger partial charge in [-0.2, -0.15) is 0 Å². The normalized spacial score (nSPS) is 12.9. The lowest BCUT2D eigenvalue weighted by Gasteiger charge is -2.18. The molecule has 0 aliphatic rings. The van der Waals surface area contributed by atoms with Gasteiger partial charge in [0.15, 0.2) is 0 Å². The summed E-state index contributed by atoms with van der Waals surface area (Å²) in [7, 11) is 0. The van der Waals surface area contributed by atoms with Gasteiger partial charge in [0.05, 0.1) is 0 Å². The highest BCUT2D eigenvalue weighted by Gasteiger charge is 2.04. The van der Waals surface area contributed by atoms with Crippen LogP contribution in [0.15, 0.2) is 36.6 Å². The predicted octanol–water partition coefficient (Wildman–Crippen LogP) is 3.02. The van der Waals surface area contributed by atoms with Crippen LogP contribution in [-0.4, -0.2) is 6.04 Å². The maximum atomic E-state index is 3.91. The standard InChI is InChI=1S/C11H19N/c1-6-8-10(5)12-11(7-2)9(3)4/h6,8,11-12H,3,5,7H2,1-2,4H3/b8-6+. The Morgan fingerprint density at radius 1 is 1.50 bits per heavy atom. The molecule has 0 radical (unpaired) electrons. The zero-order chi connectivity index (χ0) is 9.56. The molecule has 1 nitrogen and oxygen atoms in total. The molecule has 1 atom stereocenters. The number of allylic oxidation sites excluding steroid dienone is 2. The van der Waals surface area contributed by atoms with Gasteiger partial charge in [0.1, 0.15) is 0 Å². The molecule has 12 heavy (non-hydrogen) atoms. The van der Waals surface area contributed by atoms with E-state index < -0.39 is 0 Å². The first-order chi connectivity index (χ1) is 5.61. The van der Waals surface area contributed by atoms with Crippen molar-refractivity contribution in [2.75, 3.05) is 0 Å². The van der Waals surface area contributed by atoms with Gasteiger partial charge in [-0.05, 0) is 26.3 Å². The SMILES string of the molecule is C=C(/C=C/C)NC(CC)C(=C)C. The summed E-state index contributed by atoms with van der Waals surface area (Å²) in [5.41, 5.74) is 2.11. The number of hydrogen-bond acceptors (Lipinski definition) is 1. The summed E-state index contributed by atoms with van der Waals surface area (Å²) in [6.45, 7) is 13.9. The molecular weight excluding hydrogens is 146 g/mol. The molecule has 0 bridgehead atoms. The second-order valence-electron chi connectivity index (χ2n) is 2.98. The van der Waals surface area contributed by atoms with E-state index in [0.717, 1.165) is 17.7 Å². The molecule has 0 saturated carbocycles. The molecule has 1 heteroatoms. The summed E-state index contributed by atoms with van der Waals surface area (Å²) in [4.78, 5) is 0. The van der Waals surface area contributed by atoms with Crippen molar-refractivity contribution in [3.8, 4) is 0 Å². The highest BCUT2D eigenvalue weighted by molar-refractivity contribution is 5.16. The summed E-state index contributed by atoms with van der Waals surface area (Å²) in [5.74, 6) is 0. The molecule has 0 saturated heterocycles. The first-order valence-corrected chi connectivity index (χ1v) is 4.35. The van der Waals surface area contributed by atoms with Crippen LogP contribution in [0.25, 0.3) is 0 Å². The Bertz CT molecular complexity index is 189. The minimum atomic E-state index is 0.355. The minimum absolute atomic E-state index is 0.355. The third kappa shape index (κ3) is 4.02. The molecule has 0 spiro atoms. The molecule has 1 N–H and O–H groups in total. The predicted molar refractivity (Wildman–Crippen MR) is 56.0 cm³/mol. The lowest BCUT2D eigenvalue weighted by molar-refractivity contribution is 0.630. The number of nitrogens with one attached hydrogen (secondary N) is 1. The van der Waals surface area contributed by atoms with Crippen molar-refractivity contribution >= 4 is 0 Å². The Morgan fingerprint density at radius 2 is 2.08 bits per heavy atom. The van der Waals surface area contributed by atoms with E-state index >= 15 is 0 Å². The van der Waals surface area contributed by atoms with E-state index in [4.69, 9.17) is 0 Å². The van der Waals surface area contributed by atoms with Gasteiger partial charge in [-0.25, -0.2) is 0 Å². The fourth-order valence-corrected chi connectivity index (χ4v) is 1.05. The van der Waals surface area contributed by atoms with Gasteiger partial charge in [-0.3, -0.25) is 0 Å². The van der Waals surface area contributed by atoms with E-state index in [9.17, 15) is 0 Å². The highest BCUT2D eigenvalue weighted by atomic mass is 14.9. The zero-order valence-electron chi connectivity index (χ0n) is 8.35.